The van der Waals surface area contributed by atoms with Gasteiger partial charge in [-0.2, -0.15) is 5.26 Å². The van der Waals surface area contributed by atoms with Crippen LogP contribution in [-0.4, -0.2) is 23.3 Å². The number of hydrogen-bond acceptors (Lipinski definition) is 5. The van der Waals surface area contributed by atoms with Crippen molar-refractivity contribution in [2.45, 2.75) is 20.8 Å². The Bertz CT molecular complexity index is 808. The highest BCUT2D eigenvalue weighted by Crippen LogP contribution is 2.23. The van der Waals surface area contributed by atoms with E-state index in [1.807, 2.05) is 23.6 Å². The molecule has 0 unspecified atom stereocenters. The molecule has 0 radical (unpaired) electrons. The number of ketones is 1. The Morgan fingerprint density at radius 2 is 2.17 bits per heavy atom. The average molecular weight is 328 g/mol. The minimum atomic E-state index is -0.474. The largest absolute Gasteiger partial charge is 0.462 e. The van der Waals surface area contributed by atoms with Gasteiger partial charge in [0, 0.05) is 10.6 Å². The van der Waals surface area contributed by atoms with Gasteiger partial charge in [-0.1, -0.05) is 6.07 Å². The van der Waals surface area contributed by atoms with Gasteiger partial charge in [-0.15, -0.1) is 11.3 Å². The molecule has 6 heteroatoms. The fourth-order valence-corrected chi connectivity index (χ4v) is 2.94. The van der Waals surface area contributed by atoms with E-state index >= 15 is 0 Å². The number of esters is 1. The molecule has 1 N–H and O–H groups in total. The SMILES string of the molecule is CCOC(=O)c1c(C)[nH]c(C(=O)/C(C#N)=C\c2cccs2)c1C. The number of ether oxygens (including phenoxy) is 1. The number of aromatic nitrogens is 1. The number of aromatic amines is 1. The number of thiophene rings is 1. The van der Waals surface area contributed by atoms with Gasteiger partial charge in [0.25, 0.3) is 0 Å². The van der Waals surface area contributed by atoms with E-state index in [0.717, 1.165) is 4.88 Å². The number of carbonyl (C=O) groups excluding carboxylic acids is 2. The normalized spacial score (nSPS) is 11.1. The van der Waals surface area contributed by atoms with Crippen LogP contribution in [0.3, 0.4) is 0 Å². The molecule has 0 spiro atoms. The number of H-pyrrole nitrogens is 1. The van der Waals surface area contributed by atoms with Crippen LogP contribution in [-0.2, 0) is 4.74 Å². The third kappa shape index (κ3) is 3.41. The molecular weight excluding hydrogens is 312 g/mol. The van der Waals surface area contributed by atoms with E-state index < -0.39 is 11.8 Å². The first-order valence-electron chi connectivity index (χ1n) is 7.05. The first kappa shape index (κ1) is 16.7. The van der Waals surface area contributed by atoms with E-state index in [2.05, 4.69) is 4.98 Å². The second-order valence-corrected chi connectivity index (χ2v) is 5.84. The number of hydrogen-bond donors (Lipinski definition) is 1. The molecule has 0 aliphatic rings. The van der Waals surface area contributed by atoms with Crippen LogP contribution in [0.15, 0.2) is 23.1 Å². The lowest BCUT2D eigenvalue weighted by molar-refractivity contribution is 0.0525. The molecule has 0 atom stereocenters. The summed E-state index contributed by atoms with van der Waals surface area (Å²) in [5.41, 5.74) is 1.67. The number of nitrogens with one attached hydrogen (secondary N) is 1. The van der Waals surface area contributed by atoms with Gasteiger partial charge in [-0.05, 0) is 43.9 Å². The number of nitriles is 1. The number of aryl methyl sites for hydroxylation is 1. The van der Waals surface area contributed by atoms with Crippen molar-refractivity contribution in [2.24, 2.45) is 0 Å². The zero-order valence-corrected chi connectivity index (χ0v) is 13.9. The first-order chi connectivity index (χ1) is 11.0. The number of nitrogens with zero attached hydrogens (tertiary/aromatic N) is 1. The quantitative estimate of drug-likeness (QED) is 0.393. The summed E-state index contributed by atoms with van der Waals surface area (Å²) in [6, 6.07) is 5.60. The molecule has 2 heterocycles. The highest BCUT2D eigenvalue weighted by molar-refractivity contribution is 7.10. The second-order valence-electron chi connectivity index (χ2n) is 4.86. The van der Waals surface area contributed by atoms with Gasteiger partial charge >= 0.3 is 5.97 Å². The predicted octanol–water partition coefficient (Wildman–Crippen LogP) is 3.66. The van der Waals surface area contributed by atoms with Crippen LogP contribution in [0.4, 0.5) is 0 Å². The fourth-order valence-electron chi connectivity index (χ4n) is 2.29. The van der Waals surface area contributed by atoms with Crippen LogP contribution in [0.1, 0.15) is 43.9 Å². The summed E-state index contributed by atoms with van der Waals surface area (Å²) >= 11 is 1.44. The van der Waals surface area contributed by atoms with Gasteiger partial charge in [0.15, 0.2) is 0 Å². The Labute approximate surface area is 138 Å². The van der Waals surface area contributed by atoms with Gasteiger partial charge in [0.05, 0.1) is 17.9 Å². The Kier molecular flexibility index (Phi) is 5.14. The topological polar surface area (TPSA) is 83.0 Å². The Balaban J connectivity index is 2.42. The van der Waals surface area contributed by atoms with Gasteiger partial charge in [-0.3, -0.25) is 4.79 Å². The molecule has 2 rings (SSSR count). The van der Waals surface area contributed by atoms with Crippen molar-refractivity contribution < 1.29 is 14.3 Å². The fraction of sp³-hybridized carbons (Fsp3) is 0.235. The second kappa shape index (κ2) is 7.07. The molecule has 5 nitrogen and oxygen atoms in total. The molecule has 0 saturated heterocycles. The molecule has 0 bridgehead atoms. The summed E-state index contributed by atoms with van der Waals surface area (Å²) in [5.74, 6) is -0.907. The van der Waals surface area contributed by atoms with Crippen LogP contribution >= 0.6 is 11.3 Å². The Morgan fingerprint density at radius 1 is 1.43 bits per heavy atom. The van der Waals surface area contributed by atoms with Crippen LogP contribution < -0.4 is 0 Å². The maximum absolute atomic E-state index is 12.6. The third-order valence-electron chi connectivity index (χ3n) is 3.34. The van der Waals surface area contributed by atoms with Crippen molar-refractivity contribution in [2.75, 3.05) is 6.61 Å². The van der Waals surface area contributed by atoms with E-state index in [0.29, 0.717) is 16.8 Å². The summed E-state index contributed by atoms with van der Waals surface area (Å²) in [4.78, 5) is 28.3. The molecule has 0 aliphatic carbocycles. The van der Waals surface area contributed by atoms with Crippen molar-refractivity contribution in [3.63, 3.8) is 0 Å². The van der Waals surface area contributed by atoms with E-state index in [4.69, 9.17) is 4.74 Å². The molecule has 0 saturated carbocycles. The molecule has 0 aliphatic heterocycles. The lowest BCUT2D eigenvalue weighted by Gasteiger charge is -2.02. The highest BCUT2D eigenvalue weighted by Gasteiger charge is 2.24. The standard InChI is InChI=1S/C17H16N2O3S/c1-4-22-17(21)14-10(2)15(19-11(14)3)16(20)12(9-18)8-13-6-5-7-23-13/h5-8,19H,4H2,1-3H3/b12-8-. The van der Waals surface area contributed by atoms with Gasteiger partial charge < -0.3 is 9.72 Å². The minimum Gasteiger partial charge on any atom is -0.462 e. The number of rotatable bonds is 5. The maximum Gasteiger partial charge on any atom is 0.340 e. The lowest BCUT2D eigenvalue weighted by Crippen LogP contribution is -2.08. The number of carbonyl (C=O) groups is 2. The number of Topliss-reactive ketones (excluding diaryl/α,β-unsaturated/α-hetero) is 1. The first-order valence-corrected chi connectivity index (χ1v) is 7.93. The maximum atomic E-state index is 12.6. The summed E-state index contributed by atoms with van der Waals surface area (Å²) in [5, 5.41) is 11.1. The summed E-state index contributed by atoms with van der Waals surface area (Å²) in [7, 11) is 0. The lowest BCUT2D eigenvalue weighted by atomic mass is 10.0. The highest BCUT2D eigenvalue weighted by atomic mass is 32.1. The molecule has 0 amide bonds. The molecule has 2 aromatic rings. The zero-order valence-electron chi connectivity index (χ0n) is 13.1. The zero-order chi connectivity index (χ0) is 17.0. The average Bonchev–Trinajstić information content (AvgIpc) is 3.12. The van der Waals surface area contributed by atoms with Gasteiger partial charge in [0.2, 0.25) is 5.78 Å². The molecule has 118 valence electrons. The summed E-state index contributed by atoms with van der Waals surface area (Å²) in [6.45, 7) is 5.35. The molecule has 0 aromatic carbocycles. The Hall–Kier alpha value is -2.65. The van der Waals surface area contributed by atoms with Crippen molar-refractivity contribution in [3.8, 4) is 6.07 Å². The van der Waals surface area contributed by atoms with Crippen molar-refractivity contribution >= 4 is 29.2 Å². The molecular formula is C17H16N2O3S. The van der Waals surface area contributed by atoms with Crippen LogP contribution in [0.25, 0.3) is 6.08 Å². The predicted molar refractivity (Wildman–Crippen MR) is 88.5 cm³/mol. The van der Waals surface area contributed by atoms with E-state index in [1.165, 1.54) is 11.3 Å². The summed E-state index contributed by atoms with van der Waals surface area (Å²) in [6.07, 6.45) is 1.55. The number of allylic oxidation sites excluding steroid dienone is 1. The van der Waals surface area contributed by atoms with Crippen LogP contribution in [0, 0.1) is 25.2 Å². The van der Waals surface area contributed by atoms with Crippen LogP contribution in [0.5, 0.6) is 0 Å². The molecule has 2 aromatic heterocycles. The smallest absolute Gasteiger partial charge is 0.340 e. The monoisotopic (exact) mass is 328 g/mol. The summed E-state index contributed by atoms with van der Waals surface area (Å²) < 4.78 is 5.01. The van der Waals surface area contributed by atoms with E-state index in [9.17, 15) is 14.9 Å². The van der Waals surface area contributed by atoms with Gasteiger partial charge in [-0.25, -0.2) is 4.79 Å². The minimum absolute atomic E-state index is 0.0206. The van der Waals surface area contributed by atoms with Crippen molar-refractivity contribution in [3.05, 3.63) is 50.5 Å². The van der Waals surface area contributed by atoms with Gasteiger partial charge in [0.1, 0.15) is 11.6 Å². The van der Waals surface area contributed by atoms with E-state index in [-0.39, 0.29) is 17.9 Å². The van der Waals surface area contributed by atoms with Crippen molar-refractivity contribution in [1.82, 2.24) is 4.98 Å². The molecule has 23 heavy (non-hydrogen) atoms. The molecule has 0 fully saturated rings. The Morgan fingerprint density at radius 3 is 2.74 bits per heavy atom. The third-order valence-corrected chi connectivity index (χ3v) is 4.16. The van der Waals surface area contributed by atoms with Crippen molar-refractivity contribution in [1.29, 1.82) is 5.26 Å². The van der Waals surface area contributed by atoms with Crippen LogP contribution in [0.2, 0.25) is 0 Å². The van der Waals surface area contributed by atoms with E-state index in [1.54, 1.807) is 26.8 Å².